The van der Waals surface area contributed by atoms with Crippen LogP contribution in [0.5, 0.6) is 0 Å². The molecule has 1 rings (SSSR count). The van der Waals surface area contributed by atoms with Gasteiger partial charge < -0.3 is 0 Å². The number of nitrogens with zero attached hydrogens (tertiary/aromatic N) is 1. The van der Waals surface area contributed by atoms with Gasteiger partial charge >= 0.3 is 0 Å². The molecule has 0 aromatic heterocycles. The zero-order valence-electron chi connectivity index (χ0n) is 6.51. The molecule has 1 nitrogen and oxygen atoms in total. The normalized spacial score (nSPS) is 12.2. The average molecular weight is 245 g/mol. The fourth-order valence-electron chi connectivity index (χ4n) is 0.924. The molecule has 0 amide bonds. The Labute approximate surface area is 85.1 Å². The average Bonchev–Trinajstić information content (AvgIpc) is 2.08. The maximum atomic E-state index is 8.68. The maximum Gasteiger partial charge on any atom is 0.0701 e. The standard InChI is InChI=1S/C9H7BrClN/c1-6(5-12)7-3-2-4-8(10)9(7)11/h2-4,6H,1H3. The Morgan fingerprint density at radius 3 is 2.83 bits per heavy atom. The molecule has 0 saturated carbocycles. The van der Waals surface area contributed by atoms with E-state index in [0.717, 1.165) is 10.0 Å². The summed E-state index contributed by atoms with van der Waals surface area (Å²) in [4.78, 5) is 0. The van der Waals surface area contributed by atoms with Crippen molar-refractivity contribution in [2.75, 3.05) is 0 Å². The third-order valence-corrected chi connectivity index (χ3v) is 2.95. The van der Waals surface area contributed by atoms with Crippen LogP contribution in [-0.2, 0) is 0 Å². The number of nitriles is 1. The van der Waals surface area contributed by atoms with Crippen LogP contribution in [0.15, 0.2) is 22.7 Å². The molecule has 1 atom stereocenters. The van der Waals surface area contributed by atoms with E-state index in [9.17, 15) is 0 Å². The highest BCUT2D eigenvalue weighted by Gasteiger charge is 2.09. The predicted molar refractivity (Wildman–Crippen MR) is 53.2 cm³/mol. The topological polar surface area (TPSA) is 23.8 Å². The largest absolute Gasteiger partial charge is 0.198 e. The molecule has 3 heteroatoms. The molecule has 1 unspecified atom stereocenters. The van der Waals surface area contributed by atoms with Gasteiger partial charge in [-0.25, -0.2) is 0 Å². The summed E-state index contributed by atoms with van der Waals surface area (Å²) >= 11 is 9.27. The van der Waals surface area contributed by atoms with Gasteiger partial charge in [0.05, 0.1) is 17.0 Å². The van der Waals surface area contributed by atoms with E-state index in [0.29, 0.717) is 5.02 Å². The fourth-order valence-corrected chi connectivity index (χ4v) is 1.60. The van der Waals surface area contributed by atoms with Crippen molar-refractivity contribution >= 4 is 27.5 Å². The van der Waals surface area contributed by atoms with E-state index in [-0.39, 0.29) is 5.92 Å². The van der Waals surface area contributed by atoms with E-state index < -0.39 is 0 Å². The molecule has 0 radical (unpaired) electrons. The Morgan fingerprint density at radius 2 is 2.25 bits per heavy atom. The summed E-state index contributed by atoms with van der Waals surface area (Å²) in [5.74, 6) is -0.157. The second kappa shape index (κ2) is 3.93. The summed E-state index contributed by atoms with van der Waals surface area (Å²) in [6, 6.07) is 7.74. The quantitative estimate of drug-likeness (QED) is 0.738. The minimum absolute atomic E-state index is 0.157. The first-order valence-electron chi connectivity index (χ1n) is 3.50. The molecule has 0 N–H and O–H groups in total. The summed E-state index contributed by atoms with van der Waals surface area (Å²) in [5, 5.41) is 9.31. The molecule has 0 saturated heterocycles. The lowest BCUT2D eigenvalue weighted by Crippen LogP contribution is -1.90. The van der Waals surface area contributed by atoms with Crippen LogP contribution in [0.25, 0.3) is 0 Å². The van der Waals surface area contributed by atoms with Gasteiger partial charge in [-0.1, -0.05) is 23.7 Å². The maximum absolute atomic E-state index is 8.68. The predicted octanol–water partition coefficient (Wildman–Crippen LogP) is 3.73. The van der Waals surface area contributed by atoms with Gasteiger partial charge in [0, 0.05) is 4.47 Å². The van der Waals surface area contributed by atoms with Crippen molar-refractivity contribution in [3.05, 3.63) is 33.3 Å². The van der Waals surface area contributed by atoms with Gasteiger partial charge in [0.2, 0.25) is 0 Å². The van der Waals surface area contributed by atoms with Gasteiger partial charge in [0.1, 0.15) is 0 Å². The first-order valence-corrected chi connectivity index (χ1v) is 4.67. The molecular formula is C9H7BrClN. The minimum Gasteiger partial charge on any atom is -0.198 e. The molecule has 0 aliphatic rings. The summed E-state index contributed by atoms with van der Waals surface area (Å²) < 4.78 is 0.837. The van der Waals surface area contributed by atoms with Crippen molar-refractivity contribution in [2.24, 2.45) is 0 Å². The van der Waals surface area contributed by atoms with Gasteiger partial charge in [0.25, 0.3) is 0 Å². The van der Waals surface area contributed by atoms with E-state index in [4.69, 9.17) is 16.9 Å². The lowest BCUT2D eigenvalue weighted by molar-refractivity contribution is 0.981. The molecule has 12 heavy (non-hydrogen) atoms. The Kier molecular flexibility index (Phi) is 3.13. The van der Waals surface area contributed by atoms with Crippen LogP contribution >= 0.6 is 27.5 Å². The zero-order chi connectivity index (χ0) is 9.14. The summed E-state index contributed by atoms with van der Waals surface area (Å²) in [6.07, 6.45) is 0. The second-order valence-corrected chi connectivity index (χ2v) is 3.73. The molecule has 0 heterocycles. The van der Waals surface area contributed by atoms with E-state index >= 15 is 0 Å². The zero-order valence-corrected chi connectivity index (χ0v) is 8.85. The van der Waals surface area contributed by atoms with Crippen molar-refractivity contribution in [1.82, 2.24) is 0 Å². The van der Waals surface area contributed by atoms with Crippen molar-refractivity contribution in [1.29, 1.82) is 5.26 Å². The number of halogens is 2. The van der Waals surface area contributed by atoms with Gasteiger partial charge in [0.15, 0.2) is 0 Å². The van der Waals surface area contributed by atoms with Crippen LogP contribution < -0.4 is 0 Å². The number of rotatable bonds is 1. The molecule has 0 spiro atoms. The van der Waals surface area contributed by atoms with Crippen LogP contribution in [0.3, 0.4) is 0 Å². The highest BCUT2D eigenvalue weighted by molar-refractivity contribution is 9.10. The number of hydrogen-bond donors (Lipinski definition) is 0. The van der Waals surface area contributed by atoms with E-state index in [1.54, 1.807) is 0 Å². The van der Waals surface area contributed by atoms with Gasteiger partial charge in [-0.3, -0.25) is 0 Å². The summed E-state index contributed by atoms with van der Waals surface area (Å²) in [7, 11) is 0. The fraction of sp³-hybridized carbons (Fsp3) is 0.222. The molecule has 1 aromatic rings. The molecule has 0 aliphatic carbocycles. The number of hydrogen-bond acceptors (Lipinski definition) is 1. The molecule has 1 aromatic carbocycles. The van der Waals surface area contributed by atoms with E-state index in [1.165, 1.54) is 0 Å². The summed E-state index contributed by atoms with van der Waals surface area (Å²) in [5.41, 5.74) is 0.869. The van der Waals surface area contributed by atoms with Crippen LogP contribution in [0, 0.1) is 11.3 Å². The van der Waals surface area contributed by atoms with Gasteiger partial charge in [-0.2, -0.15) is 5.26 Å². The summed E-state index contributed by atoms with van der Waals surface area (Å²) in [6.45, 7) is 1.83. The molecule has 0 aliphatic heterocycles. The van der Waals surface area contributed by atoms with Crippen molar-refractivity contribution in [3.63, 3.8) is 0 Å². The molecule has 0 bridgehead atoms. The Hall–Kier alpha value is -0.520. The van der Waals surface area contributed by atoms with Crippen molar-refractivity contribution in [2.45, 2.75) is 12.8 Å². The Morgan fingerprint density at radius 1 is 1.58 bits per heavy atom. The Bertz CT molecular complexity index is 330. The molecular weight excluding hydrogens is 237 g/mol. The van der Waals surface area contributed by atoms with Crippen LogP contribution in [0.1, 0.15) is 18.4 Å². The lowest BCUT2D eigenvalue weighted by Gasteiger charge is -2.06. The molecule has 0 fully saturated rings. The monoisotopic (exact) mass is 243 g/mol. The first kappa shape index (κ1) is 9.57. The highest BCUT2D eigenvalue weighted by Crippen LogP contribution is 2.30. The van der Waals surface area contributed by atoms with E-state index in [1.807, 2.05) is 25.1 Å². The third-order valence-electron chi connectivity index (χ3n) is 1.64. The van der Waals surface area contributed by atoms with Gasteiger partial charge in [-0.15, -0.1) is 0 Å². The minimum atomic E-state index is -0.157. The van der Waals surface area contributed by atoms with Crippen molar-refractivity contribution in [3.8, 4) is 6.07 Å². The van der Waals surface area contributed by atoms with E-state index in [2.05, 4.69) is 22.0 Å². The van der Waals surface area contributed by atoms with Crippen LogP contribution in [0.2, 0.25) is 5.02 Å². The van der Waals surface area contributed by atoms with Crippen LogP contribution in [-0.4, -0.2) is 0 Å². The smallest absolute Gasteiger partial charge is 0.0701 e. The SMILES string of the molecule is CC(C#N)c1cccc(Br)c1Cl. The first-order chi connectivity index (χ1) is 5.66. The highest BCUT2D eigenvalue weighted by atomic mass is 79.9. The molecule has 62 valence electrons. The van der Waals surface area contributed by atoms with Crippen molar-refractivity contribution < 1.29 is 0 Å². The van der Waals surface area contributed by atoms with Gasteiger partial charge in [-0.05, 0) is 34.5 Å². The van der Waals surface area contributed by atoms with Crippen LogP contribution in [0.4, 0.5) is 0 Å². The lowest BCUT2D eigenvalue weighted by atomic mass is 10.0. The number of benzene rings is 1. The Balaban J connectivity index is 3.18. The third kappa shape index (κ3) is 1.80. The second-order valence-electron chi connectivity index (χ2n) is 2.49.